The van der Waals surface area contributed by atoms with E-state index in [2.05, 4.69) is 0 Å². The van der Waals surface area contributed by atoms with E-state index in [4.69, 9.17) is 0 Å². The zero-order valence-electron chi connectivity index (χ0n) is 22.7. The molecule has 4 aliphatic rings. The first-order valence-corrected chi connectivity index (χ1v) is 14.0. The van der Waals surface area contributed by atoms with Crippen molar-refractivity contribution in [1.29, 1.82) is 0 Å². The van der Waals surface area contributed by atoms with E-state index in [1.807, 2.05) is 27.7 Å². The van der Waals surface area contributed by atoms with Gasteiger partial charge < -0.3 is 30.6 Å². The van der Waals surface area contributed by atoms with Gasteiger partial charge in [-0.05, 0) is 92.6 Å². The van der Waals surface area contributed by atoms with Crippen LogP contribution in [0, 0.1) is 40.4 Å². The molecule has 0 aromatic carbocycles. The Kier molecular flexibility index (Phi) is 7.38. The number of carbonyl (C=O) groups is 1. The number of ketones is 1. The highest BCUT2D eigenvalue weighted by Crippen LogP contribution is 2.68. The molecule has 0 bridgehead atoms. The molecule has 206 valence electrons. The Labute approximate surface area is 215 Å². The van der Waals surface area contributed by atoms with E-state index in [1.165, 1.54) is 0 Å². The topological polar surface area (TPSA) is 138 Å². The first kappa shape index (κ1) is 28.2. The highest BCUT2D eigenvalue weighted by atomic mass is 16.3. The van der Waals surface area contributed by atoms with Gasteiger partial charge >= 0.3 is 0 Å². The molecule has 36 heavy (non-hydrogen) atoms. The fourth-order valence-corrected chi connectivity index (χ4v) is 9.02. The van der Waals surface area contributed by atoms with Crippen LogP contribution in [0.1, 0.15) is 86.0 Å². The molecule has 0 heterocycles. The van der Waals surface area contributed by atoms with Gasteiger partial charge in [-0.25, -0.2) is 0 Å². The van der Waals surface area contributed by atoms with Crippen LogP contribution in [0.15, 0.2) is 11.6 Å². The van der Waals surface area contributed by atoms with E-state index in [0.717, 1.165) is 18.4 Å². The predicted molar refractivity (Wildman–Crippen MR) is 136 cm³/mol. The maximum Gasteiger partial charge on any atom is 0.159 e. The molecular formula is C29H48O7. The van der Waals surface area contributed by atoms with Gasteiger partial charge in [-0.15, -0.1) is 0 Å². The molecule has 3 fully saturated rings. The van der Waals surface area contributed by atoms with Crippen LogP contribution in [-0.4, -0.2) is 72.5 Å². The normalized spacial score (nSPS) is 46.6. The predicted octanol–water partition coefficient (Wildman–Crippen LogP) is 2.35. The largest absolute Gasteiger partial charge is 0.396 e. The Morgan fingerprint density at radius 2 is 1.81 bits per heavy atom. The van der Waals surface area contributed by atoms with Crippen molar-refractivity contribution in [3.8, 4) is 0 Å². The van der Waals surface area contributed by atoms with Crippen molar-refractivity contribution in [3.05, 3.63) is 11.6 Å². The Morgan fingerprint density at radius 1 is 1.14 bits per heavy atom. The van der Waals surface area contributed by atoms with Crippen LogP contribution in [0.4, 0.5) is 0 Å². The van der Waals surface area contributed by atoms with Crippen LogP contribution in [0.2, 0.25) is 0 Å². The lowest BCUT2D eigenvalue weighted by atomic mass is 9.45. The molecule has 4 rings (SSSR count). The quantitative estimate of drug-likeness (QED) is 0.310. The maximum absolute atomic E-state index is 13.3. The SMILES string of the molecule is CCC(C[C@@H](O)[C@](C)(O)[C@H]1CC[C@@]2(O)C3=CC(=O)[C@@H]4C[C@@H](O)[C@@H](O)C[C@]4(C)[C@H]3CC[C@]12C)C(C)CO. The van der Waals surface area contributed by atoms with Gasteiger partial charge in [0.15, 0.2) is 5.78 Å². The summed E-state index contributed by atoms with van der Waals surface area (Å²) in [5.74, 6) is -0.824. The zero-order chi connectivity index (χ0) is 26.8. The smallest absolute Gasteiger partial charge is 0.159 e. The van der Waals surface area contributed by atoms with Gasteiger partial charge in [0, 0.05) is 17.9 Å². The molecule has 0 aliphatic heterocycles. The molecule has 7 nitrogen and oxygen atoms in total. The van der Waals surface area contributed by atoms with Crippen LogP contribution in [-0.2, 0) is 4.79 Å². The molecule has 0 saturated heterocycles. The molecule has 0 aromatic heterocycles. The second kappa shape index (κ2) is 9.42. The first-order chi connectivity index (χ1) is 16.7. The summed E-state index contributed by atoms with van der Waals surface area (Å²) in [6.45, 7) is 9.70. The van der Waals surface area contributed by atoms with E-state index >= 15 is 0 Å². The number of carbonyl (C=O) groups excluding carboxylic acids is 1. The standard InChI is InChI=1S/C29H48O7/c1-6-17(16(2)15-30)11-25(34)28(5,35)24-8-10-29(36)19-12-21(31)20-13-22(32)23(33)14-26(20,3)18(19)7-9-27(24,29)4/h12,16-18,20,22-25,30,32-36H,6-11,13-15H2,1-5H3/t16?,17?,18-,20-,22+,23-,24-,25+,26+,27+,28+,29+/m0/s1. The summed E-state index contributed by atoms with van der Waals surface area (Å²) in [6, 6.07) is 0. The molecule has 4 aliphatic carbocycles. The minimum atomic E-state index is -1.44. The Bertz CT molecular complexity index is 885. The number of aliphatic hydroxyl groups excluding tert-OH is 4. The number of allylic oxidation sites excluding steroid dienone is 1. The zero-order valence-corrected chi connectivity index (χ0v) is 22.7. The van der Waals surface area contributed by atoms with E-state index in [0.29, 0.717) is 32.1 Å². The third kappa shape index (κ3) is 3.95. The number of rotatable bonds is 7. The van der Waals surface area contributed by atoms with E-state index in [9.17, 15) is 35.4 Å². The Balaban J connectivity index is 1.65. The van der Waals surface area contributed by atoms with E-state index in [1.54, 1.807) is 13.0 Å². The lowest BCUT2D eigenvalue weighted by molar-refractivity contribution is -0.178. The van der Waals surface area contributed by atoms with Gasteiger partial charge in [0.05, 0.1) is 29.5 Å². The van der Waals surface area contributed by atoms with Gasteiger partial charge in [-0.3, -0.25) is 4.79 Å². The van der Waals surface area contributed by atoms with Gasteiger partial charge in [-0.2, -0.15) is 0 Å². The summed E-state index contributed by atoms with van der Waals surface area (Å²) in [4.78, 5) is 13.3. The Morgan fingerprint density at radius 3 is 2.42 bits per heavy atom. The van der Waals surface area contributed by atoms with Crippen molar-refractivity contribution in [1.82, 2.24) is 0 Å². The molecule has 2 unspecified atom stereocenters. The van der Waals surface area contributed by atoms with Crippen LogP contribution < -0.4 is 0 Å². The molecule has 0 radical (unpaired) electrons. The van der Waals surface area contributed by atoms with Crippen molar-refractivity contribution in [3.63, 3.8) is 0 Å². The molecule has 6 N–H and O–H groups in total. The summed E-state index contributed by atoms with van der Waals surface area (Å²) in [5, 5.41) is 65.7. The minimum Gasteiger partial charge on any atom is -0.396 e. The summed E-state index contributed by atoms with van der Waals surface area (Å²) >= 11 is 0. The molecule has 3 saturated carbocycles. The summed E-state index contributed by atoms with van der Waals surface area (Å²) in [7, 11) is 0. The average molecular weight is 509 g/mol. The second-order valence-corrected chi connectivity index (χ2v) is 13.4. The fraction of sp³-hybridized carbons (Fsp3) is 0.897. The van der Waals surface area contributed by atoms with Crippen molar-refractivity contribution in [2.24, 2.45) is 40.4 Å². The molecule has 0 amide bonds. The van der Waals surface area contributed by atoms with Crippen molar-refractivity contribution >= 4 is 5.78 Å². The summed E-state index contributed by atoms with van der Waals surface area (Å²) in [6.07, 6.45) is 2.83. The lowest BCUT2D eigenvalue weighted by Gasteiger charge is -2.60. The van der Waals surface area contributed by atoms with Gasteiger partial charge in [0.1, 0.15) is 0 Å². The molecule has 12 atom stereocenters. The van der Waals surface area contributed by atoms with Crippen molar-refractivity contribution < 1.29 is 35.4 Å². The van der Waals surface area contributed by atoms with Crippen molar-refractivity contribution in [2.45, 2.75) is 115 Å². The number of hydrogen-bond acceptors (Lipinski definition) is 7. The molecule has 0 aromatic rings. The van der Waals surface area contributed by atoms with Crippen LogP contribution in [0.3, 0.4) is 0 Å². The van der Waals surface area contributed by atoms with E-state index in [-0.39, 0.29) is 48.4 Å². The molecular weight excluding hydrogens is 460 g/mol. The van der Waals surface area contributed by atoms with Crippen LogP contribution in [0.25, 0.3) is 0 Å². The van der Waals surface area contributed by atoms with Gasteiger partial charge in [-0.1, -0.05) is 34.1 Å². The van der Waals surface area contributed by atoms with Gasteiger partial charge in [0.2, 0.25) is 0 Å². The summed E-state index contributed by atoms with van der Waals surface area (Å²) < 4.78 is 0. The van der Waals surface area contributed by atoms with E-state index < -0.39 is 40.3 Å². The Hall–Kier alpha value is -0.830. The van der Waals surface area contributed by atoms with Gasteiger partial charge in [0.25, 0.3) is 0 Å². The number of fused-ring (bicyclic) bond motifs is 5. The summed E-state index contributed by atoms with van der Waals surface area (Å²) in [5.41, 5.74) is -3.26. The highest BCUT2D eigenvalue weighted by Gasteiger charge is 2.69. The fourth-order valence-electron chi connectivity index (χ4n) is 9.02. The van der Waals surface area contributed by atoms with Crippen molar-refractivity contribution in [2.75, 3.05) is 6.61 Å². The van der Waals surface area contributed by atoms with Crippen LogP contribution >= 0.6 is 0 Å². The second-order valence-electron chi connectivity index (χ2n) is 13.4. The maximum atomic E-state index is 13.3. The molecule has 0 spiro atoms. The molecule has 7 heteroatoms. The monoisotopic (exact) mass is 508 g/mol. The first-order valence-electron chi connectivity index (χ1n) is 14.0. The third-order valence-electron chi connectivity index (χ3n) is 11.6. The highest BCUT2D eigenvalue weighted by molar-refractivity contribution is 5.95. The lowest BCUT2D eigenvalue weighted by Crippen LogP contribution is -2.63. The van der Waals surface area contributed by atoms with Crippen LogP contribution in [0.5, 0.6) is 0 Å². The number of aliphatic hydroxyl groups is 6. The number of hydrogen-bond donors (Lipinski definition) is 6. The third-order valence-corrected chi connectivity index (χ3v) is 11.6. The average Bonchev–Trinajstić information content (AvgIpc) is 3.10. The minimum absolute atomic E-state index is 0.0171.